The molecule has 3 fully saturated rings. The summed E-state index contributed by atoms with van der Waals surface area (Å²) in [5.41, 5.74) is 1.19. The molecule has 3 unspecified atom stereocenters. The maximum absolute atomic E-state index is 10.4. The molecule has 0 amide bonds. The Morgan fingerprint density at radius 2 is 0.635 bits per heavy atom. The zero-order chi connectivity index (χ0) is 62.1. The molecule has 23 heteroatoms. The molecule has 4 aliphatic rings. The van der Waals surface area contributed by atoms with E-state index in [0.717, 1.165) is 60.9 Å². The van der Waals surface area contributed by atoms with E-state index in [2.05, 4.69) is 39.5 Å². The van der Waals surface area contributed by atoms with Gasteiger partial charge in [-0.05, 0) is 146 Å². The first kappa shape index (κ1) is 72.6. The first-order chi connectivity index (χ1) is 41.2. The second-order valence-corrected chi connectivity index (χ2v) is 25.9. The van der Waals surface area contributed by atoms with Gasteiger partial charge in [-0.3, -0.25) is 0 Å². The summed E-state index contributed by atoms with van der Waals surface area (Å²) in [6.07, 6.45) is 18.0. The van der Waals surface area contributed by atoms with Crippen molar-refractivity contribution in [3.05, 3.63) is 191 Å². The average Bonchev–Trinajstić information content (AvgIpc) is 3.21. The van der Waals surface area contributed by atoms with Gasteiger partial charge in [0.25, 0.3) is 0 Å². The van der Waals surface area contributed by atoms with E-state index in [1.807, 2.05) is 0 Å². The van der Waals surface area contributed by atoms with E-state index in [9.17, 15) is 29.4 Å². The Bertz CT molecular complexity index is 2430. The molecule has 6 aromatic rings. The molecular formula is C62H80N4O14P3V2+. The Kier molecular flexibility index (Phi) is 33.4. The number of nitrogens with zero attached hydrogens (tertiary/aromatic N) is 4. The Morgan fingerprint density at radius 1 is 0.388 bits per heavy atom. The molecule has 85 heavy (non-hydrogen) atoms. The summed E-state index contributed by atoms with van der Waals surface area (Å²) in [5.74, 6) is 4.07. The van der Waals surface area contributed by atoms with Gasteiger partial charge in [-0.2, -0.15) is 17.8 Å². The van der Waals surface area contributed by atoms with Crippen molar-refractivity contribution in [3.8, 4) is 34.5 Å². The first-order valence-corrected chi connectivity index (χ1v) is 33.7. The van der Waals surface area contributed by atoms with Crippen molar-refractivity contribution in [2.45, 2.75) is 75.9 Å². The van der Waals surface area contributed by atoms with Crippen molar-refractivity contribution in [1.82, 2.24) is 0 Å². The number of hydrogen-bond acceptors (Lipinski definition) is 14. The van der Waals surface area contributed by atoms with E-state index in [0.29, 0.717) is 84.4 Å². The van der Waals surface area contributed by atoms with Crippen LogP contribution < -0.4 is 60.2 Å². The monoisotopic (exact) mass is 1300 g/mol. The number of rotatable bonds is 14. The first-order valence-electron chi connectivity index (χ1n) is 27.5. The zero-order valence-electron chi connectivity index (χ0n) is 49.0. The normalized spacial score (nSPS) is 17.1. The molecule has 0 saturated carbocycles. The molecule has 3 saturated heterocycles. The van der Waals surface area contributed by atoms with Crippen molar-refractivity contribution in [2.75, 3.05) is 68.8 Å². The van der Waals surface area contributed by atoms with E-state index in [1.54, 1.807) is 188 Å². The van der Waals surface area contributed by atoms with E-state index < -0.39 is 23.1 Å². The number of benzene rings is 6. The summed E-state index contributed by atoms with van der Waals surface area (Å²) in [6, 6.07) is 42.1. The number of ether oxygens (including phenoxy) is 6. The van der Waals surface area contributed by atoms with Crippen molar-refractivity contribution in [1.29, 1.82) is 0 Å². The van der Waals surface area contributed by atoms with E-state index in [1.165, 1.54) is 63.5 Å². The molecule has 0 spiro atoms. The van der Waals surface area contributed by atoms with E-state index >= 15 is 0 Å². The molecule has 6 N–H and O–H groups in total. The minimum atomic E-state index is -3.32. The van der Waals surface area contributed by atoms with E-state index in [4.69, 9.17) is 35.8 Å². The predicted molar refractivity (Wildman–Crippen MR) is 334 cm³/mol. The summed E-state index contributed by atoms with van der Waals surface area (Å²) in [7, 11) is -0.548. The third-order valence-electron chi connectivity index (χ3n) is 13.9. The molecular weight excluding hydrogens is 1220 g/mol. The summed E-state index contributed by atoms with van der Waals surface area (Å²) >= 11 is 2.12. The Labute approximate surface area is 521 Å². The van der Waals surface area contributed by atoms with Crippen LogP contribution in [-0.2, 0) is 42.1 Å². The van der Waals surface area contributed by atoms with Gasteiger partial charge in [-0.1, -0.05) is 69.9 Å². The van der Waals surface area contributed by atoms with Crippen molar-refractivity contribution < 1.29 is 99.9 Å². The quantitative estimate of drug-likeness (QED) is 0.0555. The van der Waals surface area contributed by atoms with Crippen LogP contribution in [0.15, 0.2) is 170 Å². The number of allylic oxidation sites excluding steroid dienone is 2. The van der Waals surface area contributed by atoms with Crippen LogP contribution in [0, 0.1) is 0 Å². The van der Waals surface area contributed by atoms with Gasteiger partial charge in [0.15, 0.2) is 31.8 Å². The topological polar surface area (TPSA) is 267 Å². The molecule has 0 aromatic heterocycles. The van der Waals surface area contributed by atoms with Gasteiger partial charge < -0.3 is 49.7 Å². The van der Waals surface area contributed by atoms with Gasteiger partial charge in [-0.25, -0.2) is 29.4 Å². The fourth-order valence-corrected chi connectivity index (χ4v) is 13.4. The number of piperidine rings is 3. The molecule has 6 aromatic carbocycles. The van der Waals surface area contributed by atoms with Crippen LogP contribution in [0.4, 0.5) is 0 Å². The second kappa shape index (κ2) is 39.1. The Morgan fingerprint density at radius 3 is 0.824 bits per heavy atom. The van der Waals surface area contributed by atoms with Gasteiger partial charge in [0.05, 0.1) is 42.7 Å². The van der Waals surface area contributed by atoms with Gasteiger partial charge in [-0.15, -0.1) is 38.3 Å². The average molecular weight is 1300 g/mol. The maximum atomic E-state index is 10.4. The molecule has 4 heterocycles. The molecule has 18 nitrogen and oxygen atoms in total. The van der Waals surface area contributed by atoms with Crippen LogP contribution in [-0.4, -0.2) is 116 Å². The third kappa shape index (κ3) is 23.0. The molecule has 0 bridgehead atoms. The second-order valence-electron chi connectivity index (χ2n) is 19.2. The van der Waals surface area contributed by atoms with Gasteiger partial charge in [0.2, 0.25) is 0 Å². The van der Waals surface area contributed by atoms with Gasteiger partial charge in [0, 0.05) is 0 Å². The standard InChI is InChI=1S/3C14H16O4P.C10H18N2.C10H14N2.2O.2V/c3*1-17-11-3-7-13(8-4-11)19(15,16)14-9-5-12(18-2)6-10-14;2*1-3-7-11-9(5-1)10-6-2-4-8-12-10;;;;/h3*3-10,15-16H,1-2H3;9-10H,1-8H2;1,3,5,10H,2,4,6-8H2;;;;/q3*+1;2*-2;;;;+2. The molecule has 3 atom stereocenters. The summed E-state index contributed by atoms with van der Waals surface area (Å²) in [5, 5.41) is 21.2. The van der Waals surface area contributed by atoms with E-state index in [-0.39, 0.29) is 0 Å². The summed E-state index contributed by atoms with van der Waals surface area (Å²) in [4.78, 5) is 62.2. The fraction of sp³-hybridized carbons (Fsp3) is 0.355. The molecule has 456 valence electrons. The van der Waals surface area contributed by atoms with Crippen LogP contribution in [0.2, 0.25) is 0 Å². The zero-order valence-corrected chi connectivity index (χ0v) is 54.5. The van der Waals surface area contributed by atoms with Crippen molar-refractivity contribution in [2.24, 2.45) is 0 Å². The van der Waals surface area contributed by atoms with Gasteiger partial charge >= 0.3 is 65.2 Å². The predicted octanol–water partition coefficient (Wildman–Crippen LogP) is 9.80. The third-order valence-corrected chi connectivity index (χ3v) is 20.1. The number of hydrogen-bond donors (Lipinski definition) is 6. The SMILES string of the molecule is C1=CC[N-]C(C2CCCC[N-]2)=C1.C1CCC(C2CCCC[N-]2)[N-]C1.COc1ccc([P+](O)(O)c2ccc(OC)cc2)cc1.COc1ccc([P+](O)(O)c2ccc(OC)cc2)cc1.COc1ccc([P+](O)(O)c2ccc(OC)cc2)cc1.[O]=[V+2].[O]=[V]. The van der Waals surface area contributed by atoms with Gasteiger partial charge in [0.1, 0.15) is 34.5 Å². The molecule has 0 aliphatic carbocycles. The van der Waals surface area contributed by atoms with Crippen molar-refractivity contribution in [3.63, 3.8) is 0 Å². The van der Waals surface area contributed by atoms with Crippen LogP contribution in [0.1, 0.15) is 57.8 Å². The Balaban J connectivity index is 0.000000227. The summed E-state index contributed by atoms with van der Waals surface area (Å²) in [6.45, 7) is 4.06. The minimum absolute atomic E-state index is 0.406. The molecule has 4 aliphatic heterocycles. The van der Waals surface area contributed by atoms with Crippen molar-refractivity contribution >= 4 is 55.0 Å². The molecule has 0 radical (unpaired) electrons. The van der Waals surface area contributed by atoms with Crippen LogP contribution in [0.5, 0.6) is 34.5 Å². The molecule has 10 rings (SSSR count). The number of methoxy groups -OCH3 is 6. The van der Waals surface area contributed by atoms with Crippen LogP contribution in [0.25, 0.3) is 21.3 Å². The Hall–Kier alpha value is -4.90. The van der Waals surface area contributed by atoms with Crippen LogP contribution in [0.3, 0.4) is 0 Å². The summed E-state index contributed by atoms with van der Waals surface area (Å²) < 4.78 is 46.7. The van der Waals surface area contributed by atoms with Crippen LogP contribution >= 0.6 is 23.1 Å². The fourth-order valence-electron chi connectivity index (χ4n) is 9.13.